The molecule has 0 unspecified atom stereocenters. The number of aromatic nitrogens is 3. The van der Waals surface area contributed by atoms with E-state index in [0.717, 1.165) is 27.9 Å². The molecular weight excluding hydrogens is 380 g/mol. The van der Waals surface area contributed by atoms with Crippen LogP contribution >= 0.6 is 0 Å². The summed E-state index contributed by atoms with van der Waals surface area (Å²) < 4.78 is 6.23. The number of carbonyl (C=O) groups is 1. The maximum atomic E-state index is 12.0. The Kier molecular flexibility index (Phi) is 4.51. The van der Waals surface area contributed by atoms with E-state index in [0.29, 0.717) is 30.4 Å². The van der Waals surface area contributed by atoms with Gasteiger partial charge in [-0.15, -0.1) is 0 Å². The van der Waals surface area contributed by atoms with E-state index in [9.17, 15) is 4.79 Å². The van der Waals surface area contributed by atoms with Crippen molar-refractivity contribution < 1.29 is 9.21 Å². The molecule has 1 saturated heterocycles. The molecule has 4 aromatic rings. The van der Waals surface area contributed by atoms with E-state index in [1.165, 1.54) is 6.33 Å². The Hall–Kier alpha value is -3.94. The van der Waals surface area contributed by atoms with Gasteiger partial charge in [-0.2, -0.15) is 0 Å². The topological polar surface area (TPSA) is 96.2 Å². The number of nitrogens with one attached hydrogen (secondary N) is 2. The molecule has 0 radical (unpaired) electrons. The smallest absolute Gasteiger partial charge is 0.239 e. The molecule has 8 heteroatoms. The van der Waals surface area contributed by atoms with E-state index in [4.69, 9.17) is 4.42 Å². The van der Waals surface area contributed by atoms with E-state index in [-0.39, 0.29) is 12.5 Å². The van der Waals surface area contributed by atoms with Gasteiger partial charge in [0.1, 0.15) is 23.7 Å². The van der Waals surface area contributed by atoms with Gasteiger partial charge in [0.25, 0.3) is 0 Å². The Morgan fingerprint density at radius 2 is 1.93 bits per heavy atom. The summed E-state index contributed by atoms with van der Waals surface area (Å²) in [5, 5.41) is 6.68. The van der Waals surface area contributed by atoms with E-state index in [1.807, 2.05) is 54.4 Å². The number of benzene rings is 1. The Morgan fingerprint density at radius 3 is 2.67 bits per heavy atom. The van der Waals surface area contributed by atoms with Gasteiger partial charge in [-0.05, 0) is 17.7 Å². The first kappa shape index (κ1) is 18.1. The van der Waals surface area contributed by atoms with E-state index < -0.39 is 0 Å². The van der Waals surface area contributed by atoms with Crippen LogP contribution in [-0.2, 0) is 4.79 Å². The lowest BCUT2D eigenvalue weighted by atomic mass is 10.00. The number of amides is 1. The molecule has 0 atom stereocenters. The fourth-order valence-electron chi connectivity index (χ4n) is 3.74. The quantitative estimate of drug-likeness (QED) is 0.544. The second-order valence-corrected chi connectivity index (χ2v) is 7.00. The molecule has 1 aromatic carbocycles. The summed E-state index contributed by atoms with van der Waals surface area (Å²) in [4.78, 5) is 27.3. The predicted octanol–water partition coefficient (Wildman–Crippen LogP) is 2.93. The molecule has 1 amide bonds. The maximum Gasteiger partial charge on any atom is 0.239 e. The molecule has 1 fully saturated rings. The highest BCUT2D eigenvalue weighted by atomic mass is 16.3. The molecular formula is C22H20N6O2. The van der Waals surface area contributed by atoms with Crippen molar-refractivity contribution in [2.75, 3.05) is 36.9 Å². The minimum atomic E-state index is -0.0233. The monoisotopic (exact) mass is 400 g/mol. The van der Waals surface area contributed by atoms with Gasteiger partial charge in [0.15, 0.2) is 0 Å². The number of carbonyl (C=O) groups excluding carboxylic acids is 1. The zero-order chi connectivity index (χ0) is 20.5. The first-order valence-corrected chi connectivity index (χ1v) is 9.73. The average molecular weight is 400 g/mol. The Labute approximate surface area is 173 Å². The third kappa shape index (κ3) is 3.12. The van der Waals surface area contributed by atoms with Crippen LogP contribution in [0.2, 0.25) is 0 Å². The van der Waals surface area contributed by atoms with Crippen LogP contribution < -0.4 is 15.5 Å². The molecule has 3 aromatic heterocycles. The highest BCUT2D eigenvalue weighted by molar-refractivity contribution is 6.06. The van der Waals surface area contributed by atoms with Crippen LogP contribution in [0.15, 0.2) is 59.4 Å². The second-order valence-electron chi connectivity index (χ2n) is 7.00. The first-order chi connectivity index (χ1) is 14.7. The second kappa shape index (κ2) is 7.47. The molecule has 8 nitrogen and oxygen atoms in total. The zero-order valence-corrected chi connectivity index (χ0v) is 16.4. The maximum absolute atomic E-state index is 12.0. The highest BCUT2D eigenvalue weighted by Crippen LogP contribution is 2.43. The van der Waals surface area contributed by atoms with Crippen LogP contribution in [0.3, 0.4) is 0 Å². The number of fused-ring (bicyclic) bond motifs is 1. The van der Waals surface area contributed by atoms with Gasteiger partial charge in [-0.25, -0.2) is 15.0 Å². The Balaban J connectivity index is 1.76. The predicted molar refractivity (Wildman–Crippen MR) is 115 cm³/mol. The zero-order valence-electron chi connectivity index (χ0n) is 16.4. The van der Waals surface area contributed by atoms with Crippen molar-refractivity contribution in [3.63, 3.8) is 0 Å². The summed E-state index contributed by atoms with van der Waals surface area (Å²) >= 11 is 0. The van der Waals surface area contributed by atoms with Crippen LogP contribution in [-0.4, -0.2) is 47.5 Å². The summed E-state index contributed by atoms with van der Waals surface area (Å²) in [6.45, 7) is 1.50. The first-order valence-electron chi connectivity index (χ1n) is 9.73. The molecule has 1 aliphatic heterocycles. The molecule has 0 spiro atoms. The van der Waals surface area contributed by atoms with Crippen LogP contribution in [0.1, 0.15) is 0 Å². The summed E-state index contributed by atoms with van der Waals surface area (Å²) in [7, 11) is 1.83. The molecule has 5 rings (SSSR count). The number of hydrogen-bond acceptors (Lipinski definition) is 7. The van der Waals surface area contributed by atoms with Crippen LogP contribution in [0, 0.1) is 0 Å². The molecule has 0 saturated carbocycles. The van der Waals surface area contributed by atoms with Gasteiger partial charge >= 0.3 is 0 Å². The highest BCUT2D eigenvalue weighted by Gasteiger charge is 2.26. The SMILES string of the molecule is CNc1ccc(-c2oc3ncnc(N4CCNC(=O)C4)c3c2-c2ccccc2)cn1. The molecule has 4 heterocycles. The number of anilines is 2. The fourth-order valence-corrected chi connectivity index (χ4v) is 3.74. The van der Waals surface area contributed by atoms with Crippen molar-refractivity contribution in [2.45, 2.75) is 0 Å². The molecule has 0 aliphatic carbocycles. The largest absolute Gasteiger partial charge is 0.437 e. The summed E-state index contributed by atoms with van der Waals surface area (Å²) in [6, 6.07) is 13.9. The summed E-state index contributed by atoms with van der Waals surface area (Å²) in [6.07, 6.45) is 3.26. The van der Waals surface area contributed by atoms with Gasteiger partial charge in [-0.1, -0.05) is 30.3 Å². The summed E-state index contributed by atoms with van der Waals surface area (Å²) in [5.74, 6) is 2.12. The molecule has 1 aliphatic rings. The Bertz CT molecular complexity index is 1200. The van der Waals surface area contributed by atoms with Gasteiger partial charge in [-0.3, -0.25) is 4.79 Å². The lowest BCUT2D eigenvalue weighted by Crippen LogP contribution is -2.48. The Morgan fingerprint density at radius 1 is 1.07 bits per heavy atom. The van der Waals surface area contributed by atoms with Gasteiger partial charge in [0, 0.05) is 37.5 Å². The van der Waals surface area contributed by atoms with E-state index in [2.05, 4.69) is 25.6 Å². The summed E-state index contributed by atoms with van der Waals surface area (Å²) in [5.41, 5.74) is 3.21. The number of hydrogen-bond donors (Lipinski definition) is 2. The van der Waals surface area contributed by atoms with Crippen LogP contribution in [0.25, 0.3) is 33.6 Å². The lowest BCUT2D eigenvalue weighted by molar-refractivity contribution is -0.120. The third-order valence-corrected chi connectivity index (χ3v) is 5.15. The normalized spacial score (nSPS) is 14.0. The van der Waals surface area contributed by atoms with Crippen molar-refractivity contribution in [2.24, 2.45) is 0 Å². The lowest BCUT2D eigenvalue weighted by Gasteiger charge is -2.28. The van der Waals surface area contributed by atoms with Gasteiger partial charge in [0.05, 0.1) is 11.9 Å². The van der Waals surface area contributed by atoms with E-state index in [1.54, 1.807) is 6.20 Å². The van der Waals surface area contributed by atoms with Crippen molar-refractivity contribution in [3.8, 4) is 22.5 Å². The van der Waals surface area contributed by atoms with Crippen molar-refractivity contribution >= 4 is 28.6 Å². The van der Waals surface area contributed by atoms with Crippen molar-refractivity contribution in [1.29, 1.82) is 0 Å². The number of pyridine rings is 1. The van der Waals surface area contributed by atoms with Gasteiger partial charge in [0.2, 0.25) is 11.6 Å². The van der Waals surface area contributed by atoms with Gasteiger partial charge < -0.3 is 20.0 Å². The minimum absolute atomic E-state index is 0.0233. The van der Waals surface area contributed by atoms with Crippen molar-refractivity contribution in [3.05, 3.63) is 55.0 Å². The molecule has 150 valence electrons. The molecule has 30 heavy (non-hydrogen) atoms. The number of furan rings is 1. The molecule has 2 N–H and O–H groups in total. The number of rotatable bonds is 4. The van der Waals surface area contributed by atoms with Crippen LogP contribution in [0.5, 0.6) is 0 Å². The average Bonchev–Trinajstić information content (AvgIpc) is 3.19. The standard InChI is InChI=1S/C22H20N6O2/c1-23-16-8-7-15(11-25-16)20-18(14-5-3-2-4-6-14)19-21(26-13-27-22(19)30-20)28-10-9-24-17(29)12-28/h2-8,11,13H,9-10,12H2,1H3,(H,23,25)(H,24,29). The minimum Gasteiger partial charge on any atom is -0.437 e. The number of nitrogens with zero attached hydrogens (tertiary/aromatic N) is 4. The van der Waals surface area contributed by atoms with Crippen molar-refractivity contribution in [1.82, 2.24) is 20.3 Å². The van der Waals surface area contributed by atoms with E-state index >= 15 is 0 Å². The number of piperazine rings is 1. The van der Waals surface area contributed by atoms with Crippen LogP contribution in [0.4, 0.5) is 11.6 Å². The molecule has 0 bridgehead atoms. The fraction of sp³-hybridized carbons (Fsp3) is 0.182. The third-order valence-electron chi connectivity index (χ3n) is 5.15.